The molecular formula is C8H7IN2. The van der Waals surface area contributed by atoms with Gasteiger partial charge in [-0.25, -0.2) is 0 Å². The third-order valence-electron chi connectivity index (χ3n) is 1.52. The van der Waals surface area contributed by atoms with Crippen molar-refractivity contribution in [3.05, 3.63) is 32.9 Å². The summed E-state index contributed by atoms with van der Waals surface area (Å²) in [6, 6.07) is 6.45. The highest BCUT2D eigenvalue weighted by molar-refractivity contribution is 14.2. The van der Waals surface area contributed by atoms with Crippen molar-refractivity contribution in [2.24, 2.45) is 8.36 Å². The molecule has 0 fully saturated rings. The number of hydrogen-bond donors (Lipinski definition) is 0. The number of hydrogen-bond acceptors (Lipinski definition) is 2. The lowest BCUT2D eigenvalue weighted by atomic mass is 10.2. The molecule has 0 bridgehead atoms. The molecule has 0 amide bonds. The Morgan fingerprint density at radius 2 is 2.27 bits per heavy atom. The van der Waals surface area contributed by atoms with E-state index in [4.69, 9.17) is 0 Å². The molecule has 1 aromatic rings. The van der Waals surface area contributed by atoms with Gasteiger partial charge in [-0.1, -0.05) is 11.6 Å². The molecule has 0 atom stereocenters. The van der Waals surface area contributed by atoms with Crippen LogP contribution in [0.25, 0.3) is 0 Å². The second-order valence-electron chi connectivity index (χ2n) is 2.43. The van der Waals surface area contributed by atoms with Crippen LogP contribution in [0.3, 0.4) is 0 Å². The fourth-order valence-electron chi connectivity index (χ4n) is 0.986. The summed E-state index contributed by atoms with van der Waals surface area (Å²) in [5.41, 5.74) is 2.55. The molecule has 11 heavy (non-hydrogen) atoms. The fourth-order valence-corrected chi connectivity index (χ4v) is 2.38. The molecule has 1 aliphatic heterocycles. The molecule has 1 heterocycles. The highest BCUT2D eigenvalue weighted by atomic mass is 127. The highest BCUT2D eigenvalue weighted by Gasteiger charge is 2.00. The minimum atomic E-state index is -0.191. The Bertz CT molecular complexity index is 342. The van der Waals surface area contributed by atoms with Crippen LogP contribution in [0.5, 0.6) is 0 Å². The second-order valence-corrected chi connectivity index (χ2v) is 4.51. The van der Waals surface area contributed by atoms with Gasteiger partial charge in [0.1, 0.15) is 0 Å². The lowest BCUT2D eigenvalue weighted by molar-refractivity contribution is 1.31. The molecular weight excluding hydrogens is 251 g/mol. The van der Waals surface area contributed by atoms with Crippen LogP contribution in [0.4, 0.5) is 0 Å². The van der Waals surface area contributed by atoms with Gasteiger partial charge in [0.25, 0.3) is 0 Å². The number of fused-ring (bicyclic) bond motifs is 1. The predicted octanol–water partition coefficient (Wildman–Crippen LogP) is 2.67. The van der Waals surface area contributed by atoms with Crippen LogP contribution >= 0.6 is 21.0 Å². The lowest BCUT2D eigenvalue weighted by Crippen LogP contribution is -1.89. The van der Waals surface area contributed by atoms with Crippen molar-refractivity contribution in [1.82, 2.24) is 0 Å². The van der Waals surface area contributed by atoms with Crippen molar-refractivity contribution in [2.75, 3.05) is 0 Å². The van der Waals surface area contributed by atoms with Crippen LogP contribution in [-0.4, -0.2) is 6.21 Å². The molecule has 0 aromatic heterocycles. The molecule has 1 aromatic carbocycles. The van der Waals surface area contributed by atoms with E-state index >= 15 is 0 Å². The van der Waals surface area contributed by atoms with Gasteiger partial charge in [-0.05, 0) is 19.1 Å². The van der Waals surface area contributed by atoms with Crippen molar-refractivity contribution in [3.63, 3.8) is 0 Å². The number of benzene rings is 1. The Morgan fingerprint density at radius 3 is 3.18 bits per heavy atom. The first-order valence-corrected chi connectivity index (χ1v) is 5.39. The van der Waals surface area contributed by atoms with E-state index in [2.05, 4.69) is 33.5 Å². The Labute approximate surface area is 75.5 Å². The van der Waals surface area contributed by atoms with E-state index in [1.165, 1.54) is 14.7 Å². The van der Waals surface area contributed by atoms with Crippen molar-refractivity contribution < 1.29 is 0 Å². The maximum atomic E-state index is 4.03. The summed E-state index contributed by atoms with van der Waals surface area (Å²) in [4.78, 5) is 0. The maximum Gasteiger partial charge on any atom is 0.0583 e. The largest absolute Gasteiger partial charge is 0.153 e. The molecule has 0 saturated carbocycles. The smallest absolute Gasteiger partial charge is 0.0583 e. The molecule has 2 rings (SSSR count). The third-order valence-corrected chi connectivity index (χ3v) is 3.49. The predicted molar refractivity (Wildman–Crippen MR) is 53.9 cm³/mol. The molecule has 56 valence electrons. The molecule has 0 radical (unpaired) electrons. The van der Waals surface area contributed by atoms with Gasteiger partial charge < -0.3 is 0 Å². The molecule has 0 N–H and O–H groups in total. The number of nitrogens with zero attached hydrogens (tertiary/aromatic N) is 2. The zero-order valence-corrected chi connectivity index (χ0v) is 8.24. The topological polar surface area (TPSA) is 24.7 Å². The van der Waals surface area contributed by atoms with Gasteiger partial charge in [0.05, 0.1) is 27.2 Å². The standard InChI is InChI=1S/C8H7IN2/c1-6-2-3-8-7(4-6)5-10-11-9-8/h2-5H,1H3. The zero-order valence-electron chi connectivity index (χ0n) is 6.08. The van der Waals surface area contributed by atoms with Crippen LogP contribution in [0.1, 0.15) is 11.1 Å². The monoisotopic (exact) mass is 258 g/mol. The average molecular weight is 258 g/mol. The van der Waals surface area contributed by atoms with E-state index in [0.717, 1.165) is 0 Å². The van der Waals surface area contributed by atoms with E-state index in [1.54, 1.807) is 0 Å². The molecule has 0 spiro atoms. The summed E-state index contributed by atoms with van der Waals surface area (Å²) in [5.74, 6) is 0. The molecule has 0 aliphatic carbocycles. The van der Waals surface area contributed by atoms with Crippen LogP contribution in [-0.2, 0) is 0 Å². The zero-order chi connectivity index (χ0) is 7.68. The number of halogens is 1. The maximum absolute atomic E-state index is 4.03. The van der Waals surface area contributed by atoms with Crippen molar-refractivity contribution >= 4 is 27.2 Å². The van der Waals surface area contributed by atoms with Crippen LogP contribution in [0.2, 0.25) is 0 Å². The molecule has 3 heteroatoms. The minimum Gasteiger partial charge on any atom is -0.153 e. The Hall–Kier alpha value is -0.580. The average Bonchev–Trinajstić information content (AvgIpc) is 2.04. The van der Waals surface area contributed by atoms with E-state index in [0.29, 0.717) is 0 Å². The van der Waals surface area contributed by atoms with Gasteiger partial charge in [-0.2, -0.15) is 5.10 Å². The van der Waals surface area contributed by atoms with Crippen LogP contribution in [0.15, 0.2) is 26.6 Å². The first-order chi connectivity index (χ1) is 5.36. The lowest BCUT2D eigenvalue weighted by Gasteiger charge is -2.01. The quantitative estimate of drug-likeness (QED) is 0.639. The summed E-state index contributed by atoms with van der Waals surface area (Å²) in [7, 11) is 0. The van der Waals surface area contributed by atoms with Crippen molar-refractivity contribution in [1.29, 1.82) is 0 Å². The molecule has 1 aliphatic rings. The Morgan fingerprint density at radius 1 is 1.36 bits per heavy atom. The summed E-state index contributed by atoms with van der Waals surface area (Å²) >= 11 is -0.191. The van der Waals surface area contributed by atoms with Crippen molar-refractivity contribution in [2.45, 2.75) is 6.92 Å². The molecule has 2 nitrogen and oxygen atoms in total. The number of rotatable bonds is 0. The van der Waals surface area contributed by atoms with Gasteiger partial charge >= 0.3 is 0 Å². The Balaban J connectivity index is 2.63. The first kappa shape index (κ1) is 7.09. The number of aryl methyl sites for hydroxylation is 1. The summed E-state index contributed by atoms with van der Waals surface area (Å²) in [6.45, 7) is 2.10. The SMILES string of the molecule is Cc1ccc2c(c1)C=NN=I2. The molecule has 0 unspecified atom stereocenters. The fraction of sp³-hybridized carbons (Fsp3) is 0.125. The third kappa shape index (κ3) is 1.38. The van der Waals surface area contributed by atoms with Gasteiger partial charge in [0.15, 0.2) is 0 Å². The molecule has 0 saturated heterocycles. The first-order valence-electron chi connectivity index (χ1n) is 3.34. The van der Waals surface area contributed by atoms with E-state index in [-0.39, 0.29) is 21.0 Å². The van der Waals surface area contributed by atoms with Crippen LogP contribution < -0.4 is 0 Å². The summed E-state index contributed by atoms with van der Waals surface area (Å²) in [6.07, 6.45) is 1.84. The van der Waals surface area contributed by atoms with Gasteiger partial charge in [0, 0.05) is 9.13 Å². The van der Waals surface area contributed by atoms with Crippen LogP contribution in [0, 0.1) is 10.5 Å². The van der Waals surface area contributed by atoms with Gasteiger partial charge in [-0.15, -0.1) is 3.25 Å². The van der Waals surface area contributed by atoms with Gasteiger partial charge in [0.2, 0.25) is 0 Å². The minimum absolute atomic E-state index is 0.191. The van der Waals surface area contributed by atoms with E-state index in [9.17, 15) is 0 Å². The van der Waals surface area contributed by atoms with Crippen molar-refractivity contribution in [3.8, 4) is 0 Å². The Kier molecular flexibility index (Phi) is 1.81. The van der Waals surface area contributed by atoms with E-state index in [1.807, 2.05) is 6.21 Å². The normalized spacial score (nSPS) is 13.9. The van der Waals surface area contributed by atoms with E-state index < -0.39 is 0 Å². The summed E-state index contributed by atoms with van der Waals surface area (Å²) < 4.78 is 5.41. The van der Waals surface area contributed by atoms with Gasteiger partial charge in [-0.3, -0.25) is 0 Å². The summed E-state index contributed by atoms with van der Waals surface area (Å²) in [5, 5.41) is 3.91. The highest BCUT2D eigenvalue weighted by Crippen LogP contribution is 2.21. The second kappa shape index (κ2) is 2.81.